The van der Waals surface area contributed by atoms with Crippen LogP contribution in [-0.2, 0) is 37.0 Å². The van der Waals surface area contributed by atoms with Gasteiger partial charge in [-0.15, -0.1) is 0 Å². The van der Waals surface area contributed by atoms with E-state index in [1.54, 1.807) is 5.57 Å². The lowest BCUT2D eigenvalue weighted by molar-refractivity contribution is -0.149. The molecule has 8 heteroatoms. The van der Waals surface area contributed by atoms with E-state index in [-0.39, 0.29) is 30.7 Å². The van der Waals surface area contributed by atoms with Gasteiger partial charge in [-0.05, 0) is 129 Å². The lowest BCUT2D eigenvalue weighted by atomic mass is 9.47. The Morgan fingerprint density at radius 2 is 1.55 bits per heavy atom. The first-order chi connectivity index (χ1) is 25.6. The van der Waals surface area contributed by atoms with Gasteiger partial charge in [0.2, 0.25) is 0 Å². The van der Waals surface area contributed by atoms with Gasteiger partial charge in [0.1, 0.15) is 25.4 Å². The number of hydrogen-bond donors (Lipinski definition) is 2. The second-order valence-electron chi connectivity index (χ2n) is 17.0. The molecule has 0 aromatic heterocycles. The maximum absolute atomic E-state index is 13.1. The zero-order valence-corrected chi connectivity index (χ0v) is 32.4. The maximum Gasteiger partial charge on any atom is 0.408 e. The molecular weight excluding hydrogens is 665 g/mol. The number of ether oxygens (including phenoxy) is 3. The molecule has 0 saturated heterocycles. The van der Waals surface area contributed by atoms with Crippen molar-refractivity contribution in [3.63, 3.8) is 0 Å². The number of carbonyl (C=O) groups excluding carboxylic acids is 3. The molecule has 288 valence electrons. The monoisotopic (exact) mass is 726 g/mol. The number of hydrogen-bond acceptors (Lipinski definition) is 7. The summed E-state index contributed by atoms with van der Waals surface area (Å²) in [6, 6.07) is 18.3. The smallest absolute Gasteiger partial charge is 0.408 e. The zero-order valence-electron chi connectivity index (χ0n) is 32.4. The van der Waals surface area contributed by atoms with Crippen LogP contribution in [-0.4, -0.2) is 43.3 Å². The van der Waals surface area contributed by atoms with Crippen molar-refractivity contribution < 1.29 is 28.6 Å². The molecule has 2 aromatic rings. The molecule has 8 nitrogen and oxygen atoms in total. The third kappa shape index (κ3) is 9.36. The highest BCUT2D eigenvalue weighted by molar-refractivity contribution is 5.81. The van der Waals surface area contributed by atoms with E-state index in [1.807, 2.05) is 60.7 Å². The predicted octanol–water partition coefficient (Wildman–Crippen LogP) is 8.93. The highest BCUT2D eigenvalue weighted by atomic mass is 16.6. The maximum atomic E-state index is 13.1. The van der Waals surface area contributed by atoms with E-state index in [0.717, 1.165) is 74.1 Å². The van der Waals surface area contributed by atoms with Crippen molar-refractivity contribution in [2.75, 3.05) is 13.1 Å². The van der Waals surface area contributed by atoms with E-state index in [0.29, 0.717) is 23.7 Å². The summed E-state index contributed by atoms with van der Waals surface area (Å²) in [4.78, 5) is 37.5. The van der Waals surface area contributed by atoms with Gasteiger partial charge in [0.05, 0.1) is 0 Å². The molecule has 1 unspecified atom stereocenters. The summed E-state index contributed by atoms with van der Waals surface area (Å²) in [7, 11) is 0. The van der Waals surface area contributed by atoms with E-state index >= 15 is 0 Å². The molecule has 0 heterocycles. The van der Waals surface area contributed by atoms with Crippen LogP contribution >= 0.6 is 0 Å². The van der Waals surface area contributed by atoms with E-state index in [1.165, 1.54) is 39.0 Å². The molecule has 4 aliphatic rings. The molecule has 2 N–H and O–H groups in total. The Balaban J connectivity index is 0.959. The highest BCUT2D eigenvalue weighted by Gasteiger charge is 2.59. The first-order valence-electron chi connectivity index (χ1n) is 20.3. The standard InChI is InChI=1S/C45H62N2O6/c1-31(38-20-21-39-37-19-18-35-27-36(53-32(2)48)22-24-44(35,3)40(37)23-25-45(38,39)4)28-46-26-12-11-17-41(42(49)51-29-33-13-7-5-8-14-33)47-43(50)52-30-34-15-9-6-10-16-34/h5-10,13-16,18,31,36-41,46H,11-12,17,19-30H2,1-4H3,(H,47,50)/t31-,36+,37?,38-,39+,40+,41+,44+,45-/m1/s1. The van der Waals surface area contributed by atoms with Gasteiger partial charge in [-0.3, -0.25) is 4.79 Å². The van der Waals surface area contributed by atoms with Crippen LogP contribution in [0.15, 0.2) is 72.3 Å². The van der Waals surface area contributed by atoms with E-state index < -0.39 is 18.1 Å². The van der Waals surface area contributed by atoms with Gasteiger partial charge in [0.15, 0.2) is 0 Å². The minimum Gasteiger partial charge on any atom is -0.462 e. The number of rotatable bonds is 15. The van der Waals surface area contributed by atoms with Crippen LogP contribution in [0.25, 0.3) is 0 Å². The van der Waals surface area contributed by atoms with Crippen LogP contribution in [0.1, 0.15) is 109 Å². The van der Waals surface area contributed by atoms with Crippen molar-refractivity contribution in [3.8, 4) is 0 Å². The molecule has 0 spiro atoms. The topological polar surface area (TPSA) is 103 Å². The fourth-order valence-electron chi connectivity index (χ4n) is 11.0. The van der Waals surface area contributed by atoms with E-state index in [2.05, 4.69) is 37.5 Å². The van der Waals surface area contributed by atoms with Gasteiger partial charge < -0.3 is 24.8 Å². The first-order valence-corrected chi connectivity index (χ1v) is 20.3. The normalized spacial score (nSPS) is 30.0. The first kappa shape index (κ1) is 39.1. The summed E-state index contributed by atoms with van der Waals surface area (Å²) in [5.41, 5.74) is 3.98. The fraction of sp³-hybridized carbons (Fsp3) is 0.622. The predicted molar refractivity (Wildman–Crippen MR) is 206 cm³/mol. The second-order valence-corrected chi connectivity index (χ2v) is 17.0. The van der Waals surface area contributed by atoms with Gasteiger partial charge in [-0.25, -0.2) is 9.59 Å². The van der Waals surface area contributed by atoms with Gasteiger partial charge in [0, 0.05) is 13.3 Å². The van der Waals surface area contributed by atoms with Gasteiger partial charge in [-0.2, -0.15) is 0 Å². The number of unbranched alkanes of at least 4 members (excludes halogenated alkanes) is 1. The number of amides is 1. The average Bonchev–Trinajstić information content (AvgIpc) is 3.52. The Bertz CT molecular complexity index is 1560. The summed E-state index contributed by atoms with van der Waals surface area (Å²) in [5.74, 6) is 2.99. The average molecular weight is 727 g/mol. The largest absolute Gasteiger partial charge is 0.462 e. The molecule has 0 radical (unpaired) electrons. The van der Waals surface area contributed by atoms with Crippen LogP contribution in [0.5, 0.6) is 0 Å². The van der Waals surface area contributed by atoms with Crippen molar-refractivity contribution in [1.29, 1.82) is 0 Å². The number of fused-ring (bicyclic) bond motifs is 5. The number of alkyl carbamates (subject to hydrolysis) is 1. The number of allylic oxidation sites excluding steroid dienone is 1. The lowest BCUT2D eigenvalue weighted by Gasteiger charge is -2.58. The molecule has 6 rings (SSSR count). The Labute approximate surface area is 317 Å². The summed E-state index contributed by atoms with van der Waals surface area (Å²) in [6.07, 6.45) is 13.6. The number of benzene rings is 2. The van der Waals surface area contributed by atoms with Gasteiger partial charge in [-0.1, -0.05) is 93.1 Å². The van der Waals surface area contributed by atoms with E-state index in [9.17, 15) is 14.4 Å². The van der Waals surface area contributed by atoms with Crippen LogP contribution in [0.3, 0.4) is 0 Å². The minimum absolute atomic E-state index is 0.0509. The Hall–Kier alpha value is -3.65. The number of esters is 2. The van der Waals surface area contributed by atoms with Crippen LogP contribution in [0, 0.1) is 40.4 Å². The van der Waals surface area contributed by atoms with Crippen LogP contribution in [0.4, 0.5) is 4.79 Å². The Morgan fingerprint density at radius 3 is 2.25 bits per heavy atom. The second kappa shape index (κ2) is 17.7. The molecule has 53 heavy (non-hydrogen) atoms. The van der Waals surface area contributed by atoms with Crippen molar-refractivity contribution in [2.45, 2.75) is 124 Å². The fourth-order valence-corrected chi connectivity index (χ4v) is 11.0. The Kier molecular flexibility index (Phi) is 13.0. The van der Waals surface area contributed by atoms with E-state index in [4.69, 9.17) is 14.2 Å². The minimum atomic E-state index is -0.775. The number of carbonyl (C=O) groups is 3. The summed E-state index contributed by atoms with van der Waals surface area (Å²) < 4.78 is 16.7. The molecule has 0 bridgehead atoms. The number of nitrogens with one attached hydrogen (secondary N) is 2. The highest BCUT2D eigenvalue weighted by Crippen LogP contribution is 2.67. The molecule has 9 atom stereocenters. The summed E-state index contributed by atoms with van der Waals surface area (Å²) in [5, 5.41) is 6.52. The molecular formula is C45H62N2O6. The van der Waals surface area contributed by atoms with Crippen molar-refractivity contribution in [1.82, 2.24) is 10.6 Å². The Morgan fingerprint density at radius 1 is 0.849 bits per heavy atom. The molecule has 1 amide bonds. The quantitative estimate of drug-likeness (QED) is 0.0818. The molecule has 3 saturated carbocycles. The van der Waals surface area contributed by atoms with Crippen molar-refractivity contribution in [2.24, 2.45) is 40.4 Å². The third-order valence-corrected chi connectivity index (χ3v) is 13.7. The molecule has 0 aliphatic heterocycles. The summed E-state index contributed by atoms with van der Waals surface area (Å²) in [6.45, 7) is 11.3. The van der Waals surface area contributed by atoms with Crippen LogP contribution < -0.4 is 10.6 Å². The SMILES string of the molecule is CC(=O)O[C@H]1CC[C@@]2(C)C(=CCC3[C@@H]4CC[C@H]([C@H](C)CNCCCC[C@H](NC(=O)OCc5ccccc5)C(=O)OCc5ccccc5)[C@@]4(C)CC[C@@H]32)C1. The van der Waals surface area contributed by atoms with Gasteiger partial charge >= 0.3 is 18.0 Å². The van der Waals surface area contributed by atoms with Crippen molar-refractivity contribution in [3.05, 3.63) is 83.4 Å². The molecule has 2 aromatic carbocycles. The molecule has 4 aliphatic carbocycles. The van der Waals surface area contributed by atoms with Crippen molar-refractivity contribution >= 4 is 18.0 Å². The van der Waals surface area contributed by atoms with Gasteiger partial charge in [0.25, 0.3) is 0 Å². The summed E-state index contributed by atoms with van der Waals surface area (Å²) >= 11 is 0. The third-order valence-electron chi connectivity index (χ3n) is 13.7. The molecule has 3 fully saturated rings. The lowest BCUT2D eigenvalue weighted by Crippen LogP contribution is -2.51. The van der Waals surface area contributed by atoms with Crippen LogP contribution in [0.2, 0.25) is 0 Å². The zero-order chi connectivity index (χ0) is 37.4.